The number of nitrogens with one attached hydrogen (secondary N) is 1. The maximum Gasteiger partial charge on any atom is 0.119 e. The third-order valence-corrected chi connectivity index (χ3v) is 4.76. The summed E-state index contributed by atoms with van der Waals surface area (Å²) in [6, 6.07) is 25.8. The second-order valence-corrected chi connectivity index (χ2v) is 6.05. The fourth-order valence-electron chi connectivity index (χ4n) is 3.60. The van der Waals surface area contributed by atoms with Crippen molar-refractivity contribution in [1.29, 1.82) is 0 Å². The van der Waals surface area contributed by atoms with Gasteiger partial charge in [0.05, 0.1) is 5.52 Å². The number of H-pyrrole nitrogens is 1. The van der Waals surface area contributed by atoms with Gasteiger partial charge in [0.25, 0.3) is 0 Å². The van der Waals surface area contributed by atoms with Crippen molar-refractivity contribution in [1.82, 2.24) is 9.55 Å². The van der Waals surface area contributed by atoms with Crippen molar-refractivity contribution >= 4 is 32.8 Å². The van der Waals surface area contributed by atoms with Gasteiger partial charge in [0.1, 0.15) is 5.65 Å². The van der Waals surface area contributed by atoms with E-state index in [-0.39, 0.29) is 0 Å². The summed E-state index contributed by atoms with van der Waals surface area (Å²) in [5, 5.41) is 3.91. The first-order valence-corrected chi connectivity index (χ1v) is 7.87. The quantitative estimate of drug-likeness (QED) is 0.423. The van der Waals surface area contributed by atoms with Crippen LogP contribution in [0.2, 0.25) is 0 Å². The number of nitrogens with zero attached hydrogens (tertiary/aromatic N) is 1. The Hall–Kier alpha value is -3.00. The van der Waals surface area contributed by atoms with Crippen LogP contribution in [0.25, 0.3) is 44.0 Å². The van der Waals surface area contributed by atoms with E-state index in [0.29, 0.717) is 0 Å². The first-order valence-electron chi connectivity index (χ1n) is 7.87. The molecule has 5 aromatic rings. The summed E-state index contributed by atoms with van der Waals surface area (Å²) >= 11 is 0. The van der Waals surface area contributed by atoms with E-state index in [1.807, 2.05) is 0 Å². The van der Waals surface area contributed by atoms with Crippen LogP contribution in [-0.2, 0) is 7.05 Å². The van der Waals surface area contributed by atoms with Crippen LogP contribution in [0.1, 0.15) is 0 Å². The zero-order valence-corrected chi connectivity index (χ0v) is 12.9. The Morgan fingerprint density at radius 1 is 0.739 bits per heavy atom. The highest BCUT2D eigenvalue weighted by molar-refractivity contribution is 6.20. The van der Waals surface area contributed by atoms with Gasteiger partial charge in [-0.2, -0.15) is 0 Å². The van der Waals surface area contributed by atoms with Gasteiger partial charge in [0.15, 0.2) is 0 Å². The van der Waals surface area contributed by atoms with Crippen LogP contribution in [0.4, 0.5) is 0 Å². The zero-order valence-electron chi connectivity index (χ0n) is 12.9. The number of rotatable bonds is 1. The predicted octanol–water partition coefficient (Wildman–Crippen LogP) is 5.48. The topological polar surface area (TPSA) is 20.7 Å². The van der Waals surface area contributed by atoms with Gasteiger partial charge in [0, 0.05) is 28.7 Å². The van der Waals surface area contributed by atoms with Gasteiger partial charge in [-0.05, 0) is 23.3 Å². The Balaban J connectivity index is 1.88. The van der Waals surface area contributed by atoms with Crippen molar-refractivity contribution in [3.05, 3.63) is 72.8 Å². The summed E-state index contributed by atoms with van der Waals surface area (Å²) < 4.78 is 2.26. The number of benzene rings is 3. The molecule has 0 aliphatic heterocycles. The third-order valence-electron chi connectivity index (χ3n) is 4.76. The summed E-state index contributed by atoms with van der Waals surface area (Å²) in [6.07, 6.45) is 0. The molecule has 0 saturated carbocycles. The lowest BCUT2D eigenvalue weighted by atomic mass is 10.0. The number of hydrogen-bond acceptors (Lipinski definition) is 0. The van der Waals surface area contributed by atoms with E-state index >= 15 is 0 Å². The maximum atomic E-state index is 3.56. The maximum absolute atomic E-state index is 3.56. The summed E-state index contributed by atoms with van der Waals surface area (Å²) in [5.74, 6) is 0. The molecule has 2 aromatic heterocycles. The molecule has 0 spiro atoms. The van der Waals surface area contributed by atoms with Crippen LogP contribution in [0, 0.1) is 0 Å². The van der Waals surface area contributed by atoms with E-state index in [0.717, 1.165) is 0 Å². The van der Waals surface area contributed by atoms with Crippen molar-refractivity contribution < 1.29 is 0 Å². The zero-order chi connectivity index (χ0) is 15.4. The van der Waals surface area contributed by atoms with Crippen LogP contribution < -0.4 is 0 Å². The first-order chi connectivity index (χ1) is 11.3. The van der Waals surface area contributed by atoms with Crippen LogP contribution >= 0.6 is 0 Å². The summed E-state index contributed by atoms with van der Waals surface area (Å²) in [6.45, 7) is 0. The lowest BCUT2D eigenvalue weighted by Gasteiger charge is -2.04. The molecular weight excluding hydrogens is 280 g/mol. The summed E-state index contributed by atoms with van der Waals surface area (Å²) in [4.78, 5) is 3.56. The van der Waals surface area contributed by atoms with E-state index in [1.165, 1.54) is 44.0 Å². The molecule has 0 fully saturated rings. The monoisotopic (exact) mass is 296 g/mol. The minimum atomic E-state index is 1.19. The predicted molar refractivity (Wildman–Crippen MR) is 97.7 cm³/mol. The van der Waals surface area contributed by atoms with Crippen molar-refractivity contribution in [3.8, 4) is 11.1 Å². The largest absolute Gasteiger partial charge is 0.341 e. The summed E-state index contributed by atoms with van der Waals surface area (Å²) in [5.41, 5.74) is 6.15. The van der Waals surface area contributed by atoms with Crippen molar-refractivity contribution in [2.45, 2.75) is 0 Å². The fraction of sp³-hybridized carbons (Fsp3) is 0.0476. The number of aromatic nitrogens is 2. The minimum absolute atomic E-state index is 1.19. The van der Waals surface area contributed by atoms with Gasteiger partial charge in [0.2, 0.25) is 0 Å². The van der Waals surface area contributed by atoms with E-state index in [1.54, 1.807) is 0 Å². The molecule has 0 radical (unpaired) electrons. The van der Waals surface area contributed by atoms with Gasteiger partial charge in [-0.3, -0.25) is 0 Å². The second-order valence-electron chi connectivity index (χ2n) is 6.05. The average molecular weight is 296 g/mol. The molecule has 1 N–H and O–H groups in total. The standard InChI is InChI=1S/C21H16N2/c1-23-19-13-15(14-7-3-2-4-8-14)11-12-17(19)20-16-9-5-6-10-18(16)22-21(20)23/h2-13,22H,1H3. The number of fused-ring (bicyclic) bond motifs is 5. The molecule has 0 saturated heterocycles. The molecule has 0 aliphatic rings. The molecule has 2 nitrogen and oxygen atoms in total. The normalized spacial score (nSPS) is 11.7. The fourth-order valence-corrected chi connectivity index (χ4v) is 3.60. The number of para-hydroxylation sites is 1. The second kappa shape index (κ2) is 4.50. The van der Waals surface area contributed by atoms with Crippen molar-refractivity contribution in [2.24, 2.45) is 7.05 Å². The van der Waals surface area contributed by atoms with Gasteiger partial charge >= 0.3 is 0 Å². The molecule has 23 heavy (non-hydrogen) atoms. The van der Waals surface area contributed by atoms with Gasteiger partial charge in [-0.25, -0.2) is 0 Å². The Morgan fingerprint density at radius 3 is 2.39 bits per heavy atom. The highest BCUT2D eigenvalue weighted by atomic mass is 15.0. The number of aryl methyl sites for hydroxylation is 1. The Morgan fingerprint density at radius 2 is 1.52 bits per heavy atom. The van der Waals surface area contributed by atoms with Gasteiger partial charge in [-0.1, -0.05) is 60.7 Å². The van der Waals surface area contributed by atoms with E-state index in [9.17, 15) is 0 Å². The van der Waals surface area contributed by atoms with Crippen LogP contribution in [0.3, 0.4) is 0 Å². The van der Waals surface area contributed by atoms with Crippen LogP contribution in [0.15, 0.2) is 72.8 Å². The highest BCUT2D eigenvalue weighted by Gasteiger charge is 2.14. The Labute approximate surface area is 134 Å². The Bertz CT molecular complexity index is 1160. The molecule has 0 bridgehead atoms. The first kappa shape index (κ1) is 12.5. The molecule has 2 heterocycles. The lowest BCUT2D eigenvalue weighted by Crippen LogP contribution is -1.88. The molecule has 0 aliphatic carbocycles. The van der Waals surface area contributed by atoms with Gasteiger partial charge in [-0.15, -0.1) is 0 Å². The molecular formula is C21H16N2. The number of aromatic amines is 1. The Kier molecular flexibility index (Phi) is 2.45. The molecule has 0 amide bonds. The van der Waals surface area contributed by atoms with E-state index in [2.05, 4.69) is 89.4 Å². The molecule has 0 unspecified atom stereocenters. The van der Waals surface area contributed by atoms with Crippen molar-refractivity contribution in [3.63, 3.8) is 0 Å². The van der Waals surface area contributed by atoms with Gasteiger partial charge < -0.3 is 9.55 Å². The molecule has 3 aromatic carbocycles. The van der Waals surface area contributed by atoms with Crippen molar-refractivity contribution in [2.75, 3.05) is 0 Å². The molecule has 5 rings (SSSR count). The summed E-state index contributed by atoms with van der Waals surface area (Å²) in [7, 11) is 2.13. The van der Waals surface area contributed by atoms with E-state index in [4.69, 9.17) is 0 Å². The molecule has 2 heteroatoms. The lowest BCUT2D eigenvalue weighted by molar-refractivity contribution is 0.997. The minimum Gasteiger partial charge on any atom is -0.341 e. The molecule has 0 atom stereocenters. The van der Waals surface area contributed by atoms with E-state index < -0.39 is 0 Å². The highest BCUT2D eigenvalue weighted by Crippen LogP contribution is 2.35. The molecule has 110 valence electrons. The average Bonchev–Trinajstić information content (AvgIpc) is 3.12. The number of hydrogen-bond donors (Lipinski definition) is 1. The van der Waals surface area contributed by atoms with Crippen LogP contribution in [0.5, 0.6) is 0 Å². The SMILES string of the molecule is Cn1c2cc(-c3ccccc3)ccc2c2c3ccccc3[nH]c21. The smallest absolute Gasteiger partial charge is 0.119 e. The third kappa shape index (κ3) is 1.69. The van der Waals surface area contributed by atoms with Crippen LogP contribution in [-0.4, -0.2) is 9.55 Å².